The number of para-hydroxylation sites is 1. The molecule has 1 aliphatic heterocycles. The summed E-state index contributed by atoms with van der Waals surface area (Å²) in [5, 5.41) is 13.1. The number of hydrogen-bond donors (Lipinski definition) is 1. The van der Waals surface area contributed by atoms with Crippen LogP contribution in [0.2, 0.25) is 0 Å². The lowest BCUT2D eigenvalue weighted by atomic mass is 10.1. The molecular weight excluding hydrogens is 280 g/mol. The third kappa shape index (κ3) is 2.84. The van der Waals surface area contributed by atoms with Crippen LogP contribution in [-0.4, -0.2) is 18.9 Å². The predicted octanol–water partition coefficient (Wildman–Crippen LogP) is 3.70. The molecule has 0 spiro atoms. The van der Waals surface area contributed by atoms with Crippen LogP contribution in [-0.2, 0) is 6.42 Å². The highest BCUT2D eigenvalue weighted by Crippen LogP contribution is 2.37. The summed E-state index contributed by atoms with van der Waals surface area (Å²) in [6, 6.07) is 16.3. The largest absolute Gasteiger partial charge is 0.495 e. The second kappa shape index (κ2) is 6.11. The van der Waals surface area contributed by atoms with Gasteiger partial charge in [-0.25, -0.2) is 0 Å². The second-order valence-corrected chi connectivity index (χ2v) is 6.27. The van der Waals surface area contributed by atoms with E-state index in [9.17, 15) is 5.26 Å². The van der Waals surface area contributed by atoms with E-state index in [1.807, 2.05) is 23.9 Å². The average Bonchev–Trinajstić information content (AvgIpc) is 2.95. The van der Waals surface area contributed by atoms with Gasteiger partial charge in [-0.2, -0.15) is 5.26 Å². The first kappa shape index (κ1) is 13.8. The van der Waals surface area contributed by atoms with E-state index in [0.29, 0.717) is 10.8 Å². The Kier molecular flexibility index (Phi) is 4.03. The number of anilines is 1. The van der Waals surface area contributed by atoms with Crippen molar-refractivity contribution in [2.45, 2.75) is 16.6 Å². The van der Waals surface area contributed by atoms with E-state index < -0.39 is 0 Å². The highest BCUT2D eigenvalue weighted by molar-refractivity contribution is 8.00. The Morgan fingerprint density at radius 2 is 2.14 bits per heavy atom. The minimum Gasteiger partial charge on any atom is -0.495 e. The lowest BCUT2D eigenvalue weighted by Gasteiger charge is -2.15. The van der Waals surface area contributed by atoms with E-state index in [-0.39, 0.29) is 0 Å². The summed E-state index contributed by atoms with van der Waals surface area (Å²) in [5.74, 6) is 0.717. The number of nitriles is 1. The van der Waals surface area contributed by atoms with E-state index in [2.05, 4.69) is 35.7 Å². The SMILES string of the molecule is COc1cccc(C#N)c1NCC1Cc2ccccc2S1. The maximum absolute atomic E-state index is 9.22. The Morgan fingerprint density at radius 3 is 2.90 bits per heavy atom. The fraction of sp³-hybridized carbons (Fsp3) is 0.235. The Hall–Kier alpha value is -2.12. The van der Waals surface area contributed by atoms with Crippen molar-refractivity contribution in [3.8, 4) is 11.8 Å². The monoisotopic (exact) mass is 296 g/mol. The molecule has 1 N–H and O–H groups in total. The molecular formula is C17H16N2OS. The van der Waals surface area contributed by atoms with Crippen molar-refractivity contribution in [2.75, 3.05) is 19.0 Å². The highest BCUT2D eigenvalue weighted by atomic mass is 32.2. The van der Waals surface area contributed by atoms with Gasteiger partial charge >= 0.3 is 0 Å². The van der Waals surface area contributed by atoms with Crippen molar-refractivity contribution in [3.05, 3.63) is 53.6 Å². The normalized spacial score (nSPS) is 16.1. The molecule has 106 valence electrons. The van der Waals surface area contributed by atoms with Crippen LogP contribution in [0.25, 0.3) is 0 Å². The van der Waals surface area contributed by atoms with Gasteiger partial charge in [-0.3, -0.25) is 0 Å². The van der Waals surface area contributed by atoms with E-state index >= 15 is 0 Å². The second-order valence-electron chi connectivity index (χ2n) is 4.93. The first-order chi connectivity index (χ1) is 10.3. The molecule has 3 rings (SSSR count). The zero-order valence-electron chi connectivity index (χ0n) is 11.8. The molecule has 1 unspecified atom stereocenters. The molecule has 0 amide bonds. The van der Waals surface area contributed by atoms with Crippen LogP contribution in [0.15, 0.2) is 47.4 Å². The summed E-state index contributed by atoms with van der Waals surface area (Å²) in [6.07, 6.45) is 1.06. The molecule has 3 nitrogen and oxygen atoms in total. The molecule has 0 saturated heterocycles. The maximum Gasteiger partial charge on any atom is 0.143 e. The molecule has 0 aliphatic carbocycles. The summed E-state index contributed by atoms with van der Waals surface area (Å²) in [5.41, 5.74) is 2.82. The number of hydrogen-bond acceptors (Lipinski definition) is 4. The smallest absolute Gasteiger partial charge is 0.143 e. The number of methoxy groups -OCH3 is 1. The van der Waals surface area contributed by atoms with E-state index in [1.54, 1.807) is 13.2 Å². The third-order valence-electron chi connectivity index (χ3n) is 3.59. The van der Waals surface area contributed by atoms with Crippen LogP contribution < -0.4 is 10.1 Å². The lowest BCUT2D eigenvalue weighted by molar-refractivity contribution is 0.416. The molecule has 0 bridgehead atoms. The van der Waals surface area contributed by atoms with Gasteiger partial charge in [0.05, 0.1) is 18.4 Å². The number of nitrogens with one attached hydrogen (secondary N) is 1. The maximum atomic E-state index is 9.22. The van der Waals surface area contributed by atoms with Gasteiger partial charge in [-0.1, -0.05) is 24.3 Å². The molecule has 2 aromatic carbocycles. The Morgan fingerprint density at radius 1 is 1.29 bits per heavy atom. The summed E-state index contributed by atoms with van der Waals surface area (Å²) in [7, 11) is 1.63. The van der Waals surface area contributed by atoms with E-state index in [0.717, 1.165) is 24.4 Å². The van der Waals surface area contributed by atoms with Gasteiger partial charge in [0.2, 0.25) is 0 Å². The summed E-state index contributed by atoms with van der Waals surface area (Å²) in [4.78, 5) is 1.37. The topological polar surface area (TPSA) is 45.0 Å². The van der Waals surface area contributed by atoms with Crippen molar-refractivity contribution in [1.29, 1.82) is 5.26 Å². The zero-order chi connectivity index (χ0) is 14.7. The van der Waals surface area contributed by atoms with Gasteiger partial charge < -0.3 is 10.1 Å². The molecule has 2 aromatic rings. The number of fused-ring (bicyclic) bond motifs is 1. The fourth-order valence-corrected chi connectivity index (χ4v) is 3.81. The molecule has 0 aromatic heterocycles. The van der Waals surface area contributed by atoms with Gasteiger partial charge in [0.25, 0.3) is 0 Å². The third-order valence-corrected chi connectivity index (χ3v) is 4.91. The standard InChI is InChI=1S/C17H16N2OS/c1-20-15-7-4-6-13(10-18)17(15)19-11-14-9-12-5-2-3-8-16(12)21-14/h2-8,14,19H,9,11H2,1H3. The van der Waals surface area contributed by atoms with Crippen LogP contribution in [0.4, 0.5) is 5.69 Å². The summed E-state index contributed by atoms with van der Waals surface area (Å²) < 4.78 is 5.34. The molecule has 1 aliphatic rings. The van der Waals surface area contributed by atoms with Crippen molar-refractivity contribution in [1.82, 2.24) is 0 Å². The summed E-state index contributed by atoms with van der Waals surface area (Å²) >= 11 is 1.90. The zero-order valence-corrected chi connectivity index (χ0v) is 12.6. The average molecular weight is 296 g/mol. The lowest BCUT2D eigenvalue weighted by Crippen LogP contribution is -2.16. The van der Waals surface area contributed by atoms with Crippen molar-refractivity contribution in [3.63, 3.8) is 0 Å². The van der Waals surface area contributed by atoms with Crippen LogP contribution in [0.1, 0.15) is 11.1 Å². The Balaban J connectivity index is 1.71. The van der Waals surface area contributed by atoms with Crippen molar-refractivity contribution < 1.29 is 4.74 Å². The van der Waals surface area contributed by atoms with Gasteiger partial charge in [0.1, 0.15) is 11.8 Å². The minimum atomic E-state index is 0.485. The molecule has 4 heteroatoms. The number of ether oxygens (including phenoxy) is 1. The number of benzene rings is 2. The first-order valence-corrected chi connectivity index (χ1v) is 7.75. The van der Waals surface area contributed by atoms with E-state index in [4.69, 9.17) is 4.74 Å². The first-order valence-electron chi connectivity index (χ1n) is 6.87. The van der Waals surface area contributed by atoms with Crippen molar-refractivity contribution >= 4 is 17.4 Å². The fourth-order valence-electron chi connectivity index (χ4n) is 2.56. The van der Waals surface area contributed by atoms with Crippen molar-refractivity contribution in [2.24, 2.45) is 0 Å². The van der Waals surface area contributed by atoms with E-state index in [1.165, 1.54) is 10.5 Å². The predicted molar refractivity (Wildman–Crippen MR) is 86.0 cm³/mol. The molecule has 0 radical (unpaired) electrons. The quantitative estimate of drug-likeness (QED) is 0.934. The Labute approximate surface area is 128 Å². The molecule has 1 atom stereocenters. The highest BCUT2D eigenvalue weighted by Gasteiger charge is 2.22. The molecule has 1 heterocycles. The molecule has 21 heavy (non-hydrogen) atoms. The van der Waals surface area contributed by atoms with Gasteiger partial charge in [-0.15, -0.1) is 11.8 Å². The van der Waals surface area contributed by atoms with Gasteiger partial charge in [-0.05, 0) is 30.2 Å². The number of nitrogens with zero attached hydrogens (tertiary/aromatic N) is 1. The number of thioether (sulfide) groups is 1. The molecule has 0 saturated carbocycles. The Bertz CT molecular complexity index is 668. The van der Waals surface area contributed by atoms with Crippen LogP contribution in [0.5, 0.6) is 5.75 Å². The van der Waals surface area contributed by atoms with Crippen LogP contribution in [0.3, 0.4) is 0 Å². The minimum absolute atomic E-state index is 0.485. The van der Waals surface area contributed by atoms with Gasteiger partial charge in [0.15, 0.2) is 0 Å². The van der Waals surface area contributed by atoms with Crippen LogP contribution in [0, 0.1) is 11.3 Å². The van der Waals surface area contributed by atoms with Crippen LogP contribution >= 0.6 is 11.8 Å². The summed E-state index contributed by atoms with van der Waals surface area (Å²) in [6.45, 7) is 0.814. The molecule has 0 fully saturated rings. The van der Waals surface area contributed by atoms with Gasteiger partial charge in [0, 0.05) is 16.7 Å². The number of rotatable bonds is 4.